The Hall–Kier alpha value is -3.53. The SMILES string of the molecule is C[Si](C)(C)CCOC(=O)C1C(Cn2nnc3ccccc3c2=O)CCC1C(=O)c1ccc(OCc2ccc(Cl)c(Cl)c2)cc1. The third-order valence-electron chi connectivity index (χ3n) is 8.06. The van der Waals surface area contributed by atoms with Crippen molar-refractivity contribution in [2.45, 2.75) is 51.7 Å². The second-order valence-corrected chi connectivity index (χ2v) is 18.9. The van der Waals surface area contributed by atoms with Crippen LogP contribution in [-0.2, 0) is 22.7 Å². The number of rotatable bonds is 11. The van der Waals surface area contributed by atoms with Crippen molar-refractivity contribution in [2.24, 2.45) is 17.8 Å². The zero-order chi connectivity index (χ0) is 31.4. The van der Waals surface area contributed by atoms with E-state index < -0.39 is 25.9 Å². The molecule has 3 unspecified atom stereocenters. The van der Waals surface area contributed by atoms with E-state index in [-0.39, 0.29) is 30.4 Å². The minimum atomic E-state index is -1.44. The first kappa shape index (κ1) is 31.9. The summed E-state index contributed by atoms with van der Waals surface area (Å²) in [5.41, 5.74) is 1.59. The molecule has 0 aliphatic heterocycles. The molecule has 0 amide bonds. The number of esters is 1. The Balaban J connectivity index is 1.33. The molecule has 4 aromatic rings. The fraction of sp³-hybridized carbons (Fsp3) is 0.364. The number of ether oxygens (including phenoxy) is 2. The molecular weight excluding hydrogens is 617 g/mol. The fourth-order valence-corrected chi connectivity index (χ4v) is 6.62. The van der Waals surface area contributed by atoms with Gasteiger partial charge in [0.1, 0.15) is 17.9 Å². The van der Waals surface area contributed by atoms with Crippen molar-refractivity contribution in [2.75, 3.05) is 6.61 Å². The van der Waals surface area contributed by atoms with E-state index in [1.165, 1.54) is 4.68 Å². The van der Waals surface area contributed by atoms with Gasteiger partial charge in [0, 0.05) is 19.6 Å². The summed E-state index contributed by atoms with van der Waals surface area (Å²) in [6.45, 7) is 7.43. The molecule has 8 nitrogen and oxygen atoms in total. The van der Waals surface area contributed by atoms with Crippen molar-refractivity contribution >= 4 is 53.9 Å². The van der Waals surface area contributed by atoms with Crippen LogP contribution in [0.3, 0.4) is 0 Å². The summed E-state index contributed by atoms with van der Waals surface area (Å²) in [5.74, 6) is -1.51. The van der Waals surface area contributed by atoms with Crippen molar-refractivity contribution in [1.29, 1.82) is 0 Å². The zero-order valence-electron chi connectivity index (χ0n) is 25.0. The highest BCUT2D eigenvalue weighted by Crippen LogP contribution is 2.41. The molecule has 0 bridgehead atoms. The lowest BCUT2D eigenvalue weighted by molar-refractivity contribution is -0.150. The van der Waals surface area contributed by atoms with Crippen LogP contribution < -0.4 is 10.3 Å². The number of benzene rings is 3. The maximum Gasteiger partial charge on any atom is 0.310 e. The molecule has 1 aliphatic carbocycles. The fourth-order valence-electron chi connectivity index (χ4n) is 5.58. The molecule has 1 aliphatic rings. The van der Waals surface area contributed by atoms with E-state index in [4.69, 9.17) is 32.7 Å². The number of aromatic nitrogens is 3. The van der Waals surface area contributed by atoms with Gasteiger partial charge in [0.25, 0.3) is 5.56 Å². The van der Waals surface area contributed by atoms with E-state index in [9.17, 15) is 14.4 Å². The first-order valence-corrected chi connectivity index (χ1v) is 19.2. The van der Waals surface area contributed by atoms with Crippen LogP contribution in [0.4, 0.5) is 0 Å². The lowest BCUT2D eigenvalue weighted by Gasteiger charge is -2.24. The van der Waals surface area contributed by atoms with Gasteiger partial charge in [-0.15, -0.1) is 5.10 Å². The van der Waals surface area contributed by atoms with E-state index in [0.717, 1.165) is 11.6 Å². The van der Waals surface area contributed by atoms with E-state index >= 15 is 0 Å². The first-order valence-electron chi connectivity index (χ1n) is 14.7. The largest absolute Gasteiger partial charge is 0.489 e. The molecule has 1 heterocycles. The van der Waals surface area contributed by atoms with Crippen LogP contribution in [0.15, 0.2) is 71.5 Å². The first-order chi connectivity index (χ1) is 21.0. The van der Waals surface area contributed by atoms with Gasteiger partial charge in [-0.05, 0) is 78.9 Å². The van der Waals surface area contributed by atoms with Crippen LogP contribution in [-0.4, -0.2) is 41.4 Å². The molecule has 1 saturated carbocycles. The van der Waals surface area contributed by atoms with Crippen LogP contribution >= 0.6 is 23.2 Å². The molecule has 44 heavy (non-hydrogen) atoms. The van der Waals surface area contributed by atoms with E-state index in [1.54, 1.807) is 60.7 Å². The number of hydrogen-bond acceptors (Lipinski definition) is 7. The minimum absolute atomic E-state index is 0.132. The lowest BCUT2D eigenvalue weighted by Crippen LogP contribution is -2.36. The van der Waals surface area contributed by atoms with Crippen molar-refractivity contribution < 1.29 is 19.1 Å². The van der Waals surface area contributed by atoms with Gasteiger partial charge < -0.3 is 9.47 Å². The third kappa shape index (κ3) is 7.57. The van der Waals surface area contributed by atoms with E-state index in [0.29, 0.717) is 51.7 Å². The lowest BCUT2D eigenvalue weighted by atomic mass is 9.84. The van der Waals surface area contributed by atoms with Crippen LogP contribution in [0, 0.1) is 17.8 Å². The van der Waals surface area contributed by atoms with Gasteiger partial charge in [0.15, 0.2) is 5.78 Å². The molecule has 0 N–H and O–H groups in total. The van der Waals surface area contributed by atoms with Gasteiger partial charge in [-0.2, -0.15) is 0 Å². The summed E-state index contributed by atoms with van der Waals surface area (Å²) in [6.07, 6.45) is 1.08. The maximum absolute atomic E-state index is 13.8. The average Bonchev–Trinajstić information content (AvgIpc) is 3.42. The second-order valence-electron chi connectivity index (χ2n) is 12.5. The molecule has 230 valence electrons. The Morgan fingerprint density at radius 2 is 1.73 bits per heavy atom. The van der Waals surface area contributed by atoms with E-state index in [2.05, 4.69) is 30.0 Å². The molecule has 1 aromatic heterocycles. The smallest absolute Gasteiger partial charge is 0.310 e. The Bertz CT molecular complexity index is 1720. The van der Waals surface area contributed by atoms with Crippen molar-refractivity contribution in [3.8, 4) is 5.75 Å². The number of hydrogen-bond donors (Lipinski definition) is 0. The molecule has 11 heteroatoms. The van der Waals surface area contributed by atoms with Gasteiger partial charge in [-0.25, -0.2) is 4.68 Å². The van der Waals surface area contributed by atoms with Gasteiger partial charge in [0.05, 0.1) is 34.5 Å². The number of fused-ring (bicyclic) bond motifs is 1. The standard InChI is InChI=1S/C33H35Cl2N3O5Si/c1-44(2,3)17-16-42-33(41)30-23(19-38-32(40)25-6-4-5-7-29(25)36-37-38)11-14-26(30)31(39)22-9-12-24(13-10-22)43-20-21-8-15-27(34)28(35)18-21/h4-10,12-13,15,18,23,26,30H,11,14,16-17,19-20H2,1-3H3. The normalized spacial score (nSPS) is 18.3. The molecule has 5 rings (SSSR count). The van der Waals surface area contributed by atoms with Gasteiger partial charge in [-0.3, -0.25) is 14.4 Å². The summed E-state index contributed by atoms with van der Waals surface area (Å²) in [5, 5.41) is 9.72. The molecule has 3 atom stereocenters. The highest BCUT2D eigenvalue weighted by atomic mass is 35.5. The summed E-state index contributed by atoms with van der Waals surface area (Å²) < 4.78 is 13.0. The highest BCUT2D eigenvalue weighted by molar-refractivity contribution is 6.76. The Labute approximate surface area is 267 Å². The molecule has 1 fully saturated rings. The Morgan fingerprint density at radius 3 is 2.45 bits per heavy atom. The number of ketones is 1. The van der Waals surface area contributed by atoms with Gasteiger partial charge in [0.2, 0.25) is 0 Å². The molecular formula is C33H35Cl2N3O5Si. The van der Waals surface area contributed by atoms with E-state index in [1.807, 2.05) is 6.07 Å². The number of halogens is 2. The molecule has 0 spiro atoms. The van der Waals surface area contributed by atoms with Crippen LogP contribution in [0.25, 0.3) is 10.9 Å². The maximum atomic E-state index is 13.8. The number of carbonyl (C=O) groups excluding carboxylic acids is 2. The minimum Gasteiger partial charge on any atom is -0.489 e. The number of Topliss-reactive ketones (excluding diaryl/α,β-unsaturated/α-hetero) is 1. The second kappa shape index (κ2) is 13.6. The molecule has 0 saturated heterocycles. The average molecular weight is 653 g/mol. The van der Waals surface area contributed by atoms with Crippen molar-refractivity contribution in [3.05, 3.63) is 98.3 Å². The molecule has 3 aromatic carbocycles. The zero-order valence-corrected chi connectivity index (χ0v) is 27.5. The van der Waals surface area contributed by atoms with Gasteiger partial charge in [-0.1, -0.05) is 66.3 Å². The van der Waals surface area contributed by atoms with Crippen molar-refractivity contribution in [1.82, 2.24) is 15.0 Å². The quantitative estimate of drug-likeness (QED) is 0.0970. The Kier molecular flexibility index (Phi) is 9.87. The predicted molar refractivity (Wildman–Crippen MR) is 174 cm³/mol. The van der Waals surface area contributed by atoms with Crippen LogP contribution in [0.5, 0.6) is 5.75 Å². The Morgan fingerprint density at radius 1 is 0.977 bits per heavy atom. The van der Waals surface area contributed by atoms with Crippen molar-refractivity contribution in [3.63, 3.8) is 0 Å². The number of carbonyl (C=O) groups is 2. The summed E-state index contributed by atoms with van der Waals surface area (Å²) >= 11 is 12.1. The summed E-state index contributed by atoms with van der Waals surface area (Å²) in [6, 6.07) is 20.1. The third-order valence-corrected chi connectivity index (χ3v) is 10.5. The van der Waals surface area contributed by atoms with Gasteiger partial charge >= 0.3 is 5.97 Å². The monoisotopic (exact) mass is 651 g/mol. The number of nitrogens with zero attached hydrogens (tertiary/aromatic N) is 3. The summed E-state index contributed by atoms with van der Waals surface area (Å²) in [7, 11) is -1.44. The predicted octanol–water partition coefficient (Wildman–Crippen LogP) is 7.08. The van der Waals surface area contributed by atoms with Crippen LogP contribution in [0.2, 0.25) is 35.7 Å². The van der Waals surface area contributed by atoms with Crippen LogP contribution in [0.1, 0.15) is 28.8 Å². The molecule has 0 radical (unpaired) electrons. The highest BCUT2D eigenvalue weighted by Gasteiger charge is 2.46. The topological polar surface area (TPSA) is 100 Å². The summed E-state index contributed by atoms with van der Waals surface area (Å²) in [4.78, 5) is 40.6.